The van der Waals surface area contributed by atoms with Crippen LogP contribution in [0.2, 0.25) is 0 Å². The number of aryl methyl sites for hydroxylation is 1. The molecule has 0 spiro atoms. The fourth-order valence-corrected chi connectivity index (χ4v) is 3.49. The quantitative estimate of drug-likeness (QED) is 0.799. The molecule has 0 unspecified atom stereocenters. The van der Waals surface area contributed by atoms with E-state index in [2.05, 4.69) is 9.71 Å². The van der Waals surface area contributed by atoms with Crippen LogP contribution in [0.3, 0.4) is 0 Å². The molecule has 0 atom stereocenters. The summed E-state index contributed by atoms with van der Waals surface area (Å²) in [5, 5.41) is 0.747. The zero-order valence-electron chi connectivity index (χ0n) is 12.5. The first kappa shape index (κ1) is 15.6. The average Bonchev–Trinajstić information content (AvgIpc) is 2.55. The lowest BCUT2D eigenvalue weighted by Gasteiger charge is -2.09. The fourth-order valence-electron chi connectivity index (χ4n) is 2.30. The number of sulfonamides is 1. The monoisotopic (exact) mass is 330 g/mol. The largest absolute Gasteiger partial charge is 0.255 e. The Labute approximate surface area is 134 Å². The molecule has 1 heterocycles. The van der Waals surface area contributed by atoms with E-state index in [9.17, 15) is 12.8 Å². The summed E-state index contributed by atoms with van der Waals surface area (Å²) in [4.78, 5) is 4.26. The Kier molecular flexibility index (Phi) is 4.11. The molecule has 0 aliphatic rings. The van der Waals surface area contributed by atoms with Crippen LogP contribution in [0.25, 0.3) is 10.9 Å². The third kappa shape index (κ3) is 3.23. The van der Waals surface area contributed by atoms with Gasteiger partial charge in [0, 0.05) is 18.1 Å². The summed E-state index contributed by atoms with van der Waals surface area (Å²) in [6, 6.07) is 13.2. The number of fused-ring (bicyclic) bond motifs is 1. The molecule has 0 saturated heterocycles. The van der Waals surface area contributed by atoms with Gasteiger partial charge < -0.3 is 0 Å². The van der Waals surface area contributed by atoms with Gasteiger partial charge in [-0.15, -0.1) is 0 Å². The first-order valence-electron chi connectivity index (χ1n) is 7.06. The zero-order valence-corrected chi connectivity index (χ0v) is 13.3. The van der Waals surface area contributed by atoms with E-state index in [-0.39, 0.29) is 17.3 Å². The standard InChI is InChI=1S/C17H15FN2O2S/c1-12-7-8-13(10-15(12)18)11-20-23(21,22)16-6-2-4-14-5-3-9-19-17(14)16/h2-10,20H,11H2,1H3. The highest BCUT2D eigenvalue weighted by molar-refractivity contribution is 7.89. The molecule has 3 aromatic rings. The van der Waals surface area contributed by atoms with Gasteiger partial charge in [0.2, 0.25) is 10.0 Å². The maximum Gasteiger partial charge on any atom is 0.243 e. The highest BCUT2D eigenvalue weighted by atomic mass is 32.2. The highest BCUT2D eigenvalue weighted by Gasteiger charge is 2.17. The molecule has 0 amide bonds. The minimum atomic E-state index is -3.74. The predicted octanol–water partition coefficient (Wildman–Crippen LogP) is 3.16. The Hall–Kier alpha value is -2.31. The topological polar surface area (TPSA) is 59.1 Å². The van der Waals surface area contributed by atoms with Crippen molar-refractivity contribution in [2.24, 2.45) is 0 Å². The second-order valence-corrected chi connectivity index (χ2v) is 6.97. The van der Waals surface area contributed by atoms with Crippen molar-refractivity contribution in [2.75, 3.05) is 0 Å². The summed E-state index contributed by atoms with van der Waals surface area (Å²) in [7, 11) is -3.74. The summed E-state index contributed by atoms with van der Waals surface area (Å²) in [5.74, 6) is -0.353. The number of hydrogen-bond donors (Lipinski definition) is 1. The minimum absolute atomic E-state index is 0.0166. The number of hydrogen-bond acceptors (Lipinski definition) is 3. The van der Waals surface area contributed by atoms with Crippen molar-refractivity contribution in [3.63, 3.8) is 0 Å². The molecule has 0 aliphatic carbocycles. The van der Waals surface area contributed by atoms with Gasteiger partial charge in [0.25, 0.3) is 0 Å². The molecule has 3 rings (SSSR count). The van der Waals surface area contributed by atoms with Gasteiger partial charge in [-0.3, -0.25) is 4.98 Å². The van der Waals surface area contributed by atoms with Crippen molar-refractivity contribution in [2.45, 2.75) is 18.4 Å². The molecular weight excluding hydrogens is 315 g/mol. The van der Waals surface area contributed by atoms with Crippen LogP contribution in [0.15, 0.2) is 59.6 Å². The van der Waals surface area contributed by atoms with Gasteiger partial charge in [-0.05, 0) is 36.2 Å². The predicted molar refractivity (Wildman–Crippen MR) is 86.9 cm³/mol. The SMILES string of the molecule is Cc1ccc(CNS(=O)(=O)c2cccc3cccnc23)cc1F. The zero-order chi connectivity index (χ0) is 16.4. The van der Waals surface area contributed by atoms with Gasteiger partial charge in [-0.2, -0.15) is 0 Å². The number of para-hydroxylation sites is 1. The van der Waals surface area contributed by atoms with Crippen molar-refractivity contribution < 1.29 is 12.8 Å². The summed E-state index contributed by atoms with van der Waals surface area (Å²) < 4.78 is 41.1. The second kappa shape index (κ2) is 6.06. The molecular formula is C17H15FN2O2S. The lowest BCUT2D eigenvalue weighted by molar-refractivity contribution is 0.580. The van der Waals surface area contributed by atoms with Crippen molar-refractivity contribution >= 4 is 20.9 Å². The Bertz CT molecular complexity index is 966. The number of pyridine rings is 1. The molecule has 0 radical (unpaired) electrons. The van der Waals surface area contributed by atoms with Gasteiger partial charge in [0.15, 0.2) is 0 Å². The molecule has 23 heavy (non-hydrogen) atoms. The number of aromatic nitrogens is 1. The molecule has 4 nitrogen and oxygen atoms in total. The molecule has 2 aromatic carbocycles. The fraction of sp³-hybridized carbons (Fsp3) is 0.118. The molecule has 1 N–H and O–H groups in total. The van der Waals surface area contributed by atoms with Gasteiger partial charge in [0.1, 0.15) is 10.7 Å². The van der Waals surface area contributed by atoms with E-state index in [1.165, 1.54) is 12.1 Å². The van der Waals surface area contributed by atoms with Crippen LogP contribution in [0.5, 0.6) is 0 Å². The van der Waals surface area contributed by atoms with E-state index in [4.69, 9.17) is 0 Å². The normalized spacial score (nSPS) is 11.7. The van der Waals surface area contributed by atoms with Crippen LogP contribution in [-0.2, 0) is 16.6 Å². The van der Waals surface area contributed by atoms with Gasteiger partial charge in [0.05, 0.1) is 5.52 Å². The van der Waals surface area contributed by atoms with E-state index in [1.807, 2.05) is 0 Å². The van der Waals surface area contributed by atoms with E-state index in [1.54, 1.807) is 49.5 Å². The number of rotatable bonds is 4. The Morgan fingerprint density at radius 3 is 2.70 bits per heavy atom. The third-order valence-electron chi connectivity index (χ3n) is 3.59. The molecule has 6 heteroatoms. The van der Waals surface area contributed by atoms with E-state index in [0.29, 0.717) is 16.6 Å². The maximum absolute atomic E-state index is 13.5. The smallest absolute Gasteiger partial charge is 0.243 e. The Balaban J connectivity index is 1.90. The van der Waals surface area contributed by atoms with Crippen LogP contribution in [0.1, 0.15) is 11.1 Å². The van der Waals surface area contributed by atoms with Gasteiger partial charge in [-0.1, -0.05) is 30.3 Å². The van der Waals surface area contributed by atoms with E-state index >= 15 is 0 Å². The third-order valence-corrected chi connectivity index (χ3v) is 5.02. The Morgan fingerprint density at radius 2 is 1.91 bits per heavy atom. The van der Waals surface area contributed by atoms with Gasteiger partial charge in [-0.25, -0.2) is 17.5 Å². The van der Waals surface area contributed by atoms with Crippen molar-refractivity contribution in [3.05, 3.63) is 71.7 Å². The first-order chi connectivity index (χ1) is 11.0. The number of halogens is 1. The maximum atomic E-state index is 13.5. The number of benzene rings is 2. The van der Waals surface area contributed by atoms with Crippen LogP contribution in [0, 0.1) is 12.7 Å². The van der Waals surface area contributed by atoms with Crippen molar-refractivity contribution in [1.29, 1.82) is 0 Å². The van der Waals surface area contributed by atoms with Crippen molar-refractivity contribution in [1.82, 2.24) is 9.71 Å². The summed E-state index contributed by atoms with van der Waals surface area (Å²) in [6.45, 7) is 1.67. The average molecular weight is 330 g/mol. The van der Waals surface area contributed by atoms with Crippen LogP contribution in [0.4, 0.5) is 4.39 Å². The second-order valence-electron chi connectivity index (χ2n) is 5.24. The van der Waals surface area contributed by atoms with E-state index in [0.717, 1.165) is 5.39 Å². The molecule has 1 aromatic heterocycles. The lowest BCUT2D eigenvalue weighted by Crippen LogP contribution is -2.23. The molecule has 0 aliphatic heterocycles. The van der Waals surface area contributed by atoms with Crippen LogP contribution >= 0.6 is 0 Å². The highest BCUT2D eigenvalue weighted by Crippen LogP contribution is 2.20. The lowest BCUT2D eigenvalue weighted by atomic mass is 10.1. The minimum Gasteiger partial charge on any atom is -0.255 e. The van der Waals surface area contributed by atoms with Gasteiger partial charge >= 0.3 is 0 Å². The molecule has 0 bridgehead atoms. The number of nitrogens with zero attached hydrogens (tertiary/aromatic N) is 1. The number of nitrogens with one attached hydrogen (secondary N) is 1. The van der Waals surface area contributed by atoms with Crippen LogP contribution in [-0.4, -0.2) is 13.4 Å². The molecule has 118 valence electrons. The summed E-state index contributed by atoms with van der Waals surface area (Å²) in [6.07, 6.45) is 1.55. The molecule has 0 saturated carbocycles. The summed E-state index contributed by atoms with van der Waals surface area (Å²) in [5.41, 5.74) is 1.50. The first-order valence-corrected chi connectivity index (χ1v) is 8.54. The van der Waals surface area contributed by atoms with Crippen molar-refractivity contribution in [3.8, 4) is 0 Å². The summed E-state index contributed by atoms with van der Waals surface area (Å²) >= 11 is 0. The van der Waals surface area contributed by atoms with E-state index < -0.39 is 10.0 Å². The van der Waals surface area contributed by atoms with Crippen LogP contribution < -0.4 is 4.72 Å². The Morgan fingerprint density at radius 1 is 1.13 bits per heavy atom. The molecule has 0 fully saturated rings.